The van der Waals surface area contributed by atoms with Gasteiger partial charge >= 0.3 is 12.1 Å². The molecule has 5 rings (SSSR count). The van der Waals surface area contributed by atoms with Crippen LogP contribution < -0.4 is 5.32 Å². The Morgan fingerprint density at radius 2 is 1.70 bits per heavy atom. The average Bonchev–Trinajstić information content (AvgIpc) is 3.35. The molecular weight excluding hydrogens is 484 g/mol. The maximum absolute atomic E-state index is 12.6. The number of carboxylic acids is 1. The molecule has 0 fully saturated rings. The zero-order valence-corrected chi connectivity index (χ0v) is 19.1. The second-order valence-corrected chi connectivity index (χ2v) is 8.98. The summed E-state index contributed by atoms with van der Waals surface area (Å²) < 4.78 is 6.41. The van der Waals surface area contributed by atoms with Crippen molar-refractivity contribution < 1.29 is 19.4 Å². The zero-order chi connectivity index (χ0) is 22.9. The second-order valence-electron chi connectivity index (χ2n) is 8.07. The quantitative estimate of drug-likeness (QED) is 0.324. The van der Waals surface area contributed by atoms with Gasteiger partial charge in [-0.05, 0) is 46.0 Å². The number of aliphatic carboxylic acids is 1. The summed E-state index contributed by atoms with van der Waals surface area (Å²) in [4.78, 5) is 27.6. The lowest BCUT2D eigenvalue weighted by Gasteiger charge is -2.17. The van der Waals surface area contributed by atoms with Gasteiger partial charge in [-0.25, -0.2) is 9.59 Å². The minimum atomic E-state index is -1.12. The third kappa shape index (κ3) is 4.12. The third-order valence-electron chi connectivity index (χ3n) is 6.09. The van der Waals surface area contributed by atoms with Crippen molar-refractivity contribution in [3.8, 4) is 11.1 Å². The maximum Gasteiger partial charge on any atom is 0.407 e. The molecule has 33 heavy (non-hydrogen) atoms. The van der Waals surface area contributed by atoms with E-state index in [2.05, 4.69) is 38.4 Å². The molecule has 0 bridgehead atoms. The summed E-state index contributed by atoms with van der Waals surface area (Å²) in [7, 11) is 0. The fourth-order valence-corrected chi connectivity index (χ4v) is 4.88. The molecule has 1 aliphatic rings. The maximum atomic E-state index is 12.6. The molecule has 6 nitrogen and oxygen atoms in total. The van der Waals surface area contributed by atoms with Crippen molar-refractivity contribution in [3.63, 3.8) is 0 Å². The van der Waals surface area contributed by atoms with E-state index in [1.807, 2.05) is 54.6 Å². The Labute approximate surface area is 198 Å². The van der Waals surface area contributed by atoms with Gasteiger partial charge in [-0.2, -0.15) is 0 Å². The van der Waals surface area contributed by atoms with Crippen molar-refractivity contribution in [1.82, 2.24) is 10.3 Å². The predicted octanol–water partition coefficient (Wildman–Crippen LogP) is 5.46. The van der Waals surface area contributed by atoms with E-state index < -0.39 is 18.1 Å². The van der Waals surface area contributed by atoms with Crippen LogP contribution in [-0.4, -0.2) is 34.8 Å². The van der Waals surface area contributed by atoms with Crippen LogP contribution in [0.5, 0.6) is 0 Å². The number of hydrogen-bond acceptors (Lipinski definition) is 3. The largest absolute Gasteiger partial charge is 0.480 e. The van der Waals surface area contributed by atoms with Gasteiger partial charge in [-0.3, -0.25) is 0 Å². The Morgan fingerprint density at radius 3 is 2.36 bits per heavy atom. The normalized spacial score (nSPS) is 13.4. The number of carbonyl (C=O) groups excluding carboxylic acids is 1. The van der Waals surface area contributed by atoms with E-state index in [1.165, 1.54) is 0 Å². The van der Waals surface area contributed by atoms with Crippen LogP contribution in [0.1, 0.15) is 22.6 Å². The number of benzene rings is 3. The first-order valence-electron chi connectivity index (χ1n) is 10.6. The number of nitrogens with one attached hydrogen (secondary N) is 2. The second kappa shape index (κ2) is 8.75. The lowest BCUT2D eigenvalue weighted by Crippen LogP contribution is -2.42. The highest BCUT2D eigenvalue weighted by Gasteiger charge is 2.30. The van der Waals surface area contributed by atoms with Gasteiger partial charge in [0.15, 0.2) is 0 Å². The summed E-state index contributed by atoms with van der Waals surface area (Å²) in [6, 6.07) is 20.8. The topological polar surface area (TPSA) is 91.4 Å². The highest BCUT2D eigenvalue weighted by Crippen LogP contribution is 2.44. The van der Waals surface area contributed by atoms with Gasteiger partial charge in [-0.1, -0.05) is 64.5 Å². The standard InChI is InChI=1S/C26H21BrN2O4/c27-16-9-10-23-21(12-16)15(13-28-23)11-24(25(30)31)29-26(32)33-14-22-19-7-3-1-5-17(19)18-6-2-4-8-20(18)22/h1-10,12-13,22,24,28H,11,14H2,(H,29,32)(H,30,31)/t24-/m1/s1. The molecule has 0 unspecified atom stereocenters. The first-order chi connectivity index (χ1) is 16.0. The average molecular weight is 505 g/mol. The van der Waals surface area contributed by atoms with E-state index in [9.17, 15) is 14.7 Å². The molecule has 0 radical (unpaired) electrons. The fourth-order valence-electron chi connectivity index (χ4n) is 4.52. The van der Waals surface area contributed by atoms with E-state index in [4.69, 9.17) is 4.74 Å². The number of alkyl carbamates (subject to hydrolysis) is 1. The van der Waals surface area contributed by atoms with Crippen molar-refractivity contribution in [2.75, 3.05) is 6.61 Å². The molecule has 0 saturated carbocycles. The Bertz CT molecular complexity index is 1320. The molecule has 0 saturated heterocycles. The number of hydrogen-bond donors (Lipinski definition) is 3. The molecule has 7 heteroatoms. The first kappa shape index (κ1) is 21.3. The fraction of sp³-hybridized carbons (Fsp3) is 0.154. The number of halogens is 1. The van der Waals surface area contributed by atoms with Crippen LogP contribution >= 0.6 is 15.9 Å². The monoisotopic (exact) mass is 504 g/mol. The number of H-pyrrole nitrogens is 1. The lowest BCUT2D eigenvalue weighted by molar-refractivity contribution is -0.139. The van der Waals surface area contributed by atoms with Crippen LogP contribution in [0, 0.1) is 0 Å². The van der Waals surface area contributed by atoms with Gasteiger partial charge in [-0.15, -0.1) is 0 Å². The van der Waals surface area contributed by atoms with Crippen LogP contribution in [0.15, 0.2) is 77.4 Å². The molecule has 166 valence electrons. The summed E-state index contributed by atoms with van der Waals surface area (Å²) in [5.74, 6) is -1.20. The number of carboxylic acid groups (broad SMARTS) is 1. The number of aromatic amines is 1. The molecule has 0 aliphatic heterocycles. The zero-order valence-electron chi connectivity index (χ0n) is 17.5. The molecule has 1 aliphatic carbocycles. The van der Waals surface area contributed by atoms with Gasteiger partial charge in [0.05, 0.1) is 0 Å². The highest BCUT2D eigenvalue weighted by molar-refractivity contribution is 9.10. The third-order valence-corrected chi connectivity index (χ3v) is 6.58. The van der Waals surface area contributed by atoms with E-state index in [0.29, 0.717) is 0 Å². The number of aromatic nitrogens is 1. The van der Waals surface area contributed by atoms with Gasteiger partial charge in [0.1, 0.15) is 12.6 Å². The lowest BCUT2D eigenvalue weighted by atomic mass is 9.98. The molecule has 1 amide bonds. The van der Waals surface area contributed by atoms with Crippen LogP contribution in [0.25, 0.3) is 22.0 Å². The predicted molar refractivity (Wildman–Crippen MR) is 129 cm³/mol. The van der Waals surface area contributed by atoms with Gasteiger partial charge in [0.25, 0.3) is 0 Å². The summed E-state index contributed by atoms with van der Waals surface area (Å²) in [5, 5.41) is 13.1. The minimum Gasteiger partial charge on any atom is -0.480 e. The summed E-state index contributed by atoms with van der Waals surface area (Å²) in [6.07, 6.45) is 1.16. The SMILES string of the molecule is O=C(N[C@H](Cc1c[nH]c2ccc(Br)cc12)C(=O)O)OCC1c2ccccc2-c2ccccc21. The summed E-state index contributed by atoms with van der Waals surface area (Å²) in [5.41, 5.74) is 6.18. The first-order valence-corrected chi connectivity index (χ1v) is 11.4. The minimum absolute atomic E-state index is 0.0857. The van der Waals surface area contributed by atoms with E-state index >= 15 is 0 Å². The van der Waals surface area contributed by atoms with Crippen LogP contribution in [0.4, 0.5) is 4.79 Å². The van der Waals surface area contributed by atoms with Crippen molar-refractivity contribution in [3.05, 3.63) is 94.1 Å². The van der Waals surface area contributed by atoms with Crippen molar-refractivity contribution >= 4 is 38.9 Å². The summed E-state index contributed by atoms with van der Waals surface area (Å²) in [6.45, 7) is 0.131. The van der Waals surface area contributed by atoms with Gasteiger partial charge in [0, 0.05) is 33.9 Å². The molecule has 4 aromatic rings. The van der Waals surface area contributed by atoms with Crippen molar-refractivity contribution in [1.29, 1.82) is 0 Å². The molecular formula is C26H21BrN2O4. The Kier molecular flexibility index (Phi) is 5.64. The van der Waals surface area contributed by atoms with E-state index in [1.54, 1.807) is 6.20 Å². The Balaban J connectivity index is 1.29. The number of rotatable bonds is 6. The number of carbonyl (C=O) groups is 2. The van der Waals surface area contributed by atoms with Crippen molar-refractivity contribution in [2.24, 2.45) is 0 Å². The number of ether oxygens (including phenoxy) is 1. The highest BCUT2D eigenvalue weighted by atomic mass is 79.9. The molecule has 3 N–H and O–H groups in total. The molecule has 1 atom stereocenters. The van der Waals surface area contributed by atoms with Gasteiger partial charge < -0.3 is 20.1 Å². The number of fused-ring (bicyclic) bond motifs is 4. The van der Waals surface area contributed by atoms with Gasteiger partial charge in [0.2, 0.25) is 0 Å². The summed E-state index contributed by atoms with van der Waals surface area (Å²) >= 11 is 3.44. The van der Waals surface area contributed by atoms with Crippen LogP contribution in [-0.2, 0) is 16.0 Å². The Morgan fingerprint density at radius 1 is 1.03 bits per heavy atom. The number of amides is 1. The van der Waals surface area contributed by atoms with E-state index in [0.717, 1.165) is 43.2 Å². The van der Waals surface area contributed by atoms with E-state index in [-0.39, 0.29) is 18.9 Å². The molecule has 3 aromatic carbocycles. The molecule has 1 heterocycles. The smallest absolute Gasteiger partial charge is 0.407 e. The molecule has 0 spiro atoms. The van der Waals surface area contributed by atoms with Crippen LogP contribution in [0.3, 0.4) is 0 Å². The molecule has 1 aromatic heterocycles. The van der Waals surface area contributed by atoms with Crippen LogP contribution in [0.2, 0.25) is 0 Å². The van der Waals surface area contributed by atoms with Crippen molar-refractivity contribution in [2.45, 2.75) is 18.4 Å². The Hall–Kier alpha value is -3.58.